The molecular formula is C12H11N5O. The lowest BCUT2D eigenvalue weighted by Gasteiger charge is -2.08. The highest BCUT2D eigenvalue weighted by atomic mass is 16.5. The molecule has 1 aromatic rings. The molecule has 0 amide bonds. The van der Waals surface area contributed by atoms with Gasteiger partial charge in [-0.25, -0.2) is 0 Å². The molecule has 0 bridgehead atoms. The number of rotatable bonds is 5. The number of para-hydroxylation sites is 2. The second kappa shape index (κ2) is 6.56. The summed E-state index contributed by atoms with van der Waals surface area (Å²) in [7, 11) is 0. The monoisotopic (exact) mass is 241 g/mol. The number of nitrogens with zero attached hydrogens (tertiary/aromatic N) is 2. The van der Waals surface area contributed by atoms with Gasteiger partial charge in [0.15, 0.2) is 5.84 Å². The standard InChI is InChI=1S/C12H11N5O/c1-2-7-18-11-6-4-3-5-9(11)16-17-10(8-13)12(14)15/h1,3-6,16H,7H2,(H3,14,15)/b17-10+. The highest BCUT2D eigenvalue weighted by Crippen LogP contribution is 2.23. The van der Waals surface area contributed by atoms with Crippen LogP contribution in [0.1, 0.15) is 0 Å². The summed E-state index contributed by atoms with van der Waals surface area (Å²) in [5, 5.41) is 19.5. The van der Waals surface area contributed by atoms with Crippen LogP contribution in [0.25, 0.3) is 0 Å². The van der Waals surface area contributed by atoms with Crippen molar-refractivity contribution in [3.63, 3.8) is 0 Å². The predicted octanol–water partition coefficient (Wildman–Crippen LogP) is 0.926. The number of nitrogens with one attached hydrogen (secondary N) is 2. The number of nitriles is 1. The molecule has 0 aliphatic carbocycles. The number of hydrogen-bond donors (Lipinski definition) is 3. The zero-order chi connectivity index (χ0) is 13.4. The van der Waals surface area contributed by atoms with Gasteiger partial charge in [0.05, 0.1) is 5.69 Å². The van der Waals surface area contributed by atoms with Crippen molar-refractivity contribution < 1.29 is 4.74 Å². The van der Waals surface area contributed by atoms with Crippen LogP contribution >= 0.6 is 0 Å². The average Bonchev–Trinajstić information content (AvgIpc) is 2.38. The predicted molar refractivity (Wildman–Crippen MR) is 69.4 cm³/mol. The lowest BCUT2D eigenvalue weighted by Crippen LogP contribution is -2.21. The van der Waals surface area contributed by atoms with E-state index in [0.717, 1.165) is 0 Å². The molecule has 1 aromatic carbocycles. The van der Waals surface area contributed by atoms with Crippen molar-refractivity contribution >= 4 is 17.2 Å². The molecule has 0 unspecified atom stereocenters. The first-order chi connectivity index (χ1) is 8.69. The minimum absolute atomic E-state index is 0.125. The first-order valence-corrected chi connectivity index (χ1v) is 4.92. The van der Waals surface area contributed by atoms with Gasteiger partial charge in [-0.3, -0.25) is 10.8 Å². The molecule has 0 aromatic heterocycles. The van der Waals surface area contributed by atoms with Crippen molar-refractivity contribution in [1.82, 2.24) is 0 Å². The number of benzene rings is 1. The van der Waals surface area contributed by atoms with Crippen molar-refractivity contribution in [1.29, 1.82) is 10.7 Å². The Morgan fingerprint density at radius 1 is 1.56 bits per heavy atom. The van der Waals surface area contributed by atoms with Crippen molar-refractivity contribution in [3.8, 4) is 24.2 Å². The van der Waals surface area contributed by atoms with Crippen LogP contribution in [0.3, 0.4) is 0 Å². The molecule has 0 heterocycles. The van der Waals surface area contributed by atoms with E-state index in [9.17, 15) is 0 Å². The molecule has 1 rings (SSSR count). The molecule has 18 heavy (non-hydrogen) atoms. The second-order valence-corrected chi connectivity index (χ2v) is 3.09. The Labute approximate surface area is 105 Å². The van der Waals surface area contributed by atoms with Crippen molar-refractivity contribution in [2.45, 2.75) is 0 Å². The molecule has 0 aliphatic rings. The van der Waals surface area contributed by atoms with Crippen LogP contribution in [0.4, 0.5) is 5.69 Å². The van der Waals surface area contributed by atoms with Gasteiger partial charge in [-0.1, -0.05) is 18.1 Å². The van der Waals surface area contributed by atoms with E-state index in [2.05, 4.69) is 16.4 Å². The van der Waals surface area contributed by atoms with Crippen LogP contribution in [-0.2, 0) is 0 Å². The van der Waals surface area contributed by atoms with E-state index in [4.69, 9.17) is 27.6 Å². The van der Waals surface area contributed by atoms with Crippen LogP contribution < -0.4 is 15.9 Å². The second-order valence-electron chi connectivity index (χ2n) is 3.09. The molecule has 6 heteroatoms. The SMILES string of the molecule is C#CCOc1ccccc1N/N=C(\C#N)C(=N)N. The van der Waals surface area contributed by atoms with E-state index in [-0.39, 0.29) is 12.3 Å². The van der Waals surface area contributed by atoms with Crippen LogP contribution in [0, 0.1) is 29.1 Å². The van der Waals surface area contributed by atoms with Crippen molar-refractivity contribution in [2.75, 3.05) is 12.0 Å². The Hall–Kier alpha value is -2.99. The molecule has 90 valence electrons. The summed E-state index contributed by atoms with van der Waals surface area (Å²) >= 11 is 0. The maximum Gasteiger partial charge on any atom is 0.201 e. The van der Waals surface area contributed by atoms with E-state index >= 15 is 0 Å². The number of hydrogen-bond acceptors (Lipinski definition) is 5. The first kappa shape index (κ1) is 13.1. The van der Waals surface area contributed by atoms with Gasteiger partial charge in [-0.15, -0.1) is 6.42 Å². The summed E-state index contributed by atoms with van der Waals surface area (Å²) in [6.45, 7) is 0.125. The topological polar surface area (TPSA) is 107 Å². The molecule has 0 atom stereocenters. The molecule has 0 fully saturated rings. The van der Waals surface area contributed by atoms with Gasteiger partial charge < -0.3 is 10.5 Å². The summed E-state index contributed by atoms with van der Waals surface area (Å²) in [6, 6.07) is 8.64. The summed E-state index contributed by atoms with van der Waals surface area (Å²) in [4.78, 5) is 0. The molecule has 6 nitrogen and oxygen atoms in total. The summed E-state index contributed by atoms with van der Waals surface area (Å²) in [6.07, 6.45) is 5.10. The molecule has 0 saturated carbocycles. The van der Waals surface area contributed by atoms with Gasteiger partial charge in [-0.05, 0) is 12.1 Å². The van der Waals surface area contributed by atoms with Gasteiger partial charge in [0.25, 0.3) is 0 Å². The third kappa shape index (κ3) is 3.54. The summed E-state index contributed by atoms with van der Waals surface area (Å²) in [5.41, 5.74) is 8.09. The first-order valence-electron chi connectivity index (χ1n) is 4.92. The van der Waals surface area contributed by atoms with E-state index in [1.54, 1.807) is 30.3 Å². The van der Waals surface area contributed by atoms with Gasteiger partial charge in [0.2, 0.25) is 5.71 Å². The number of ether oxygens (including phenoxy) is 1. The number of anilines is 1. The third-order valence-electron chi connectivity index (χ3n) is 1.85. The zero-order valence-electron chi connectivity index (χ0n) is 9.47. The van der Waals surface area contributed by atoms with Crippen LogP contribution in [0.2, 0.25) is 0 Å². The minimum atomic E-state index is -0.410. The molecule has 0 aliphatic heterocycles. The van der Waals surface area contributed by atoms with E-state index < -0.39 is 5.84 Å². The highest BCUT2D eigenvalue weighted by molar-refractivity contribution is 6.45. The minimum Gasteiger partial charge on any atom is -0.479 e. The highest BCUT2D eigenvalue weighted by Gasteiger charge is 2.04. The quantitative estimate of drug-likeness (QED) is 0.308. The number of nitrogens with two attached hydrogens (primary N) is 1. The van der Waals surface area contributed by atoms with E-state index in [1.807, 2.05) is 0 Å². The normalized spacial score (nSPS) is 10.0. The lowest BCUT2D eigenvalue weighted by molar-refractivity contribution is 0.372. The number of terminal acetylenes is 1. The lowest BCUT2D eigenvalue weighted by atomic mass is 10.3. The van der Waals surface area contributed by atoms with Crippen molar-refractivity contribution in [2.24, 2.45) is 10.8 Å². The molecule has 4 N–H and O–H groups in total. The van der Waals surface area contributed by atoms with Gasteiger partial charge in [0.1, 0.15) is 18.4 Å². The molecule has 0 spiro atoms. The third-order valence-corrected chi connectivity index (χ3v) is 1.85. The van der Waals surface area contributed by atoms with E-state index in [0.29, 0.717) is 11.4 Å². The fraction of sp³-hybridized carbons (Fsp3) is 0.0833. The maximum atomic E-state index is 8.69. The Bertz CT molecular complexity index is 550. The van der Waals surface area contributed by atoms with Gasteiger partial charge >= 0.3 is 0 Å². The summed E-state index contributed by atoms with van der Waals surface area (Å²) in [5.74, 6) is 2.44. The van der Waals surface area contributed by atoms with Crippen LogP contribution in [0.5, 0.6) is 5.75 Å². The smallest absolute Gasteiger partial charge is 0.201 e. The Balaban J connectivity index is 2.88. The molecule has 0 radical (unpaired) electrons. The van der Waals surface area contributed by atoms with Gasteiger partial charge in [-0.2, -0.15) is 10.4 Å². The van der Waals surface area contributed by atoms with Crippen LogP contribution in [0.15, 0.2) is 29.4 Å². The number of amidine groups is 1. The zero-order valence-corrected chi connectivity index (χ0v) is 9.47. The fourth-order valence-electron chi connectivity index (χ4n) is 1.07. The Morgan fingerprint density at radius 3 is 2.89 bits per heavy atom. The Morgan fingerprint density at radius 2 is 2.28 bits per heavy atom. The maximum absolute atomic E-state index is 8.69. The molecule has 0 saturated heterocycles. The summed E-state index contributed by atoms with van der Waals surface area (Å²) < 4.78 is 5.28. The average molecular weight is 241 g/mol. The van der Waals surface area contributed by atoms with Crippen molar-refractivity contribution in [3.05, 3.63) is 24.3 Å². The largest absolute Gasteiger partial charge is 0.479 e. The Kier molecular flexibility index (Phi) is 4.77. The van der Waals surface area contributed by atoms with Gasteiger partial charge in [0, 0.05) is 0 Å². The number of hydrazone groups is 1. The fourth-order valence-corrected chi connectivity index (χ4v) is 1.07. The van der Waals surface area contributed by atoms with E-state index in [1.165, 1.54) is 0 Å². The van der Waals surface area contributed by atoms with Crippen LogP contribution in [-0.4, -0.2) is 18.2 Å². The molecular weight excluding hydrogens is 230 g/mol.